The Morgan fingerprint density at radius 3 is 2.02 bits per heavy atom. The van der Waals surface area contributed by atoms with E-state index in [0.29, 0.717) is 0 Å². The molecule has 3 aromatic carbocycles. The first-order chi connectivity index (χ1) is 23.2. The van der Waals surface area contributed by atoms with Gasteiger partial charge in [-0.15, -0.1) is 0 Å². The van der Waals surface area contributed by atoms with Crippen molar-refractivity contribution >= 4 is 34.8 Å². The minimum absolute atomic E-state index is 0.0911. The summed E-state index contributed by atoms with van der Waals surface area (Å²) in [5, 5.41) is 4.95. The molecule has 1 heterocycles. The Kier molecular flexibility index (Phi) is 10.0. The largest absolute Gasteiger partial charge is 0.467 e. The summed E-state index contributed by atoms with van der Waals surface area (Å²) in [6.07, 6.45) is -7.11. The lowest BCUT2D eigenvalue weighted by Crippen LogP contribution is -2.53. The number of hydrogen-bond donors (Lipinski definition) is 3. The predicted octanol–water partition coefficient (Wildman–Crippen LogP) is 6.03. The molecule has 2 amide bonds. The maximum atomic E-state index is 14.0. The topological polar surface area (TPSA) is 136 Å². The first-order valence-electron chi connectivity index (χ1n) is 15.5. The van der Waals surface area contributed by atoms with Gasteiger partial charge in [-0.2, -0.15) is 13.2 Å². The predicted molar refractivity (Wildman–Crippen MR) is 173 cm³/mol. The van der Waals surface area contributed by atoms with Crippen LogP contribution in [0.25, 0.3) is 22.0 Å². The van der Waals surface area contributed by atoms with Crippen LogP contribution >= 0.6 is 0 Å². The van der Waals surface area contributed by atoms with Gasteiger partial charge in [0.25, 0.3) is 0 Å². The van der Waals surface area contributed by atoms with Gasteiger partial charge in [0.05, 0.1) is 13.5 Å². The molecule has 0 radical (unpaired) electrons. The molecule has 0 fully saturated rings. The molecule has 3 N–H and O–H groups in total. The number of amides is 2. The number of carbonyl (C=O) groups excluding carboxylic acids is 4. The number of benzene rings is 3. The van der Waals surface area contributed by atoms with E-state index in [0.717, 1.165) is 29.4 Å². The summed E-state index contributed by atoms with van der Waals surface area (Å²) in [5.41, 5.74) is 1.82. The Morgan fingerprint density at radius 2 is 1.43 bits per heavy atom. The number of fused-ring (bicyclic) bond motifs is 4. The van der Waals surface area contributed by atoms with E-state index in [1.165, 1.54) is 12.1 Å². The second kappa shape index (κ2) is 14.0. The maximum Gasteiger partial charge on any atom is 0.431 e. The van der Waals surface area contributed by atoms with Crippen molar-refractivity contribution < 1.29 is 46.6 Å². The van der Waals surface area contributed by atoms with Crippen LogP contribution < -0.4 is 10.6 Å². The average molecular weight is 680 g/mol. The van der Waals surface area contributed by atoms with Crippen molar-refractivity contribution in [2.45, 2.75) is 63.4 Å². The van der Waals surface area contributed by atoms with Crippen molar-refractivity contribution in [2.24, 2.45) is 0 Å². The van der Waals surface area contributed by atoms with Crippen LogP contribution in [-0.4, -0.2) is 60.3 Å². The number of H-pyrrole nitrogens is 1. The van der Waals surface area contributed by atoms with Gasteiger partial charge in [0.2, 0.25) is 5.91 Å². The number of methoxy groups -OCH3 is 1. The lowest BCUT2D eigenvalue weighted by atomic mass is 9.98. The summed E-state index contributed by atoms with van der Waals surface area (Å²) in [6, 6.07) is 18.2. The molecule has 0 saturated carbocycles. The highest BCUT2D eigenvalue weighted by atomic mass is 19.4. The zero-order valence-electron chi connectivity index (χ0n) is 27.3. The van der Waals surface area contributed by atoms with Crippen molar-refractivity contribution in [3.63, 3.8) is 0 Å². The molecule has 1 aromatic heterocycles. The van der Waals surface area contributed by atoms with Crippen LogP contribution in [0.3, 0.4) is 0 Å². The number of para-hydroxylation sites is 1. The number of rotatable bonds is 10. The number of carbonyl (C=O) groups is 4. The van der Waals surface area contributed by atoms with Crippen molar-refractivity contribution in [2.75, 3.05) is 13.7 Å². The average Bonchev–Trinajstić information content (AvgIpc) is 3.58. The minimum atomic E-state index is -4.80. The van der Waals surface area contributed by atoms with Gasteiger partial charge in [0, 0.05) is 23.2 Å². The molecule has 0 saturated heterocycles. The van der Waals surface area contributed by atoms with E-state index >= 15 is 0 Å². The third kappa shape index (κ3) is 8.04. The molecule has 2 atom stereocenters. The van der Waals surface area contributed by atoms with Gasteiger partial charge in [0.1, 0.15) is 30.0 Å². The van der Waals surface area contributed by atoms with Gasteiger partial charge in [-0.1, -0.05) is 66.7 Å². The number of aromatic nitrogens is 1. The van der Waals surface area contributed by atoms with E-state index in [9.17, 15) is 32.3 Å². The smallest absolute Gasteiger partial charge is 0.431 e. The molecule has 49 heavy (non-hydrogen) atoms. The van der Waals surface area contributed by atoms with Gasteiger partial charge in [0.15, 0.2) is 0 Å². The first kappa shape index (κ1) is 35.0. The van der Waals surface area contributed by atoms with E-state index < -0.39 is 66.3 Å². The van der Waals surface area contributed by atoms with Crippen molar-refractivity contribution in [1.29, 1.82) is 0 Å². The van der Waals surface area contributed by atoms with Crippen LogP contribution in [-0.2, 0) is 41.2 Å². The molecule has 0 aliphatic heterocycles. The number of halogens is 3. The summed E-state index contributed by atoms with van der Waals surface area (Å²) in [6.45, 7) is 4.76. The molecule has 1 aliphatic carbocycles. The van der Waals surface area contributed by atoms with Crippen molar-refractivity contribution in [3.05, 3.63) is 95.2 Å². The second-order valence-corrected chi connectivity index (χ2v) is 12.6. The fourth-order valence-electron chi connectivity index (χ4n) is 6.01. The molecule has 1 aliphatic rings. The van der Waals surface area contributed by atoms with Gasteiger partial charge < -0.3 is 29.8 Å². The monoisotopic (exact) mass is 679 g/mol. The molecule has 0 unspecified atom stereocenters. The molecule has 5 rings (SSSR count). The van der Waals surface area contributed by atoms with Crippen molar-refractivity contribution in [1.82, 2.24) is 15.6 Å². The van der Waals surface area contributed by atoms with Crippen molar-refractivity contribution in [3.8, 4) is 11.1 Å². The summed E-state index contributed by atoms with van der Waals surface area (Å²) >= 11 is 0. The number of nitrogens with one attached hydrogen (secondary N) is 3. The summed E-state index contributed by atoms with van der Waals surface area (Å²) in [4.78, 5) is 54.8. The van der Waals surface area contributed by atoms with Crippen LogP contribution in [0.5, 0.6) is 0 Å². The van der Waals surface area contributed by atoms with Crippen LogP contribution in [0.1, 0.15) is 55.5 Å². The SMILES string of the molecule is COC(=O)[C@H](Cc1c(C(F)(F)F)[nH]c2ccccc12)NC(=O)[C@H](CC(=O)OC(C)(C)C)NC(=O)OCC1c2ccccc2-c2ccccc21. The summed E-state index contributed by atoms with van der Waals surface area (Å²) in [7, 11) is 1.02. The third-order valence-corrected chi connectivity index (χ3v) is 8.05. The quantitative estimate of drug-likeness (QED) is 0.138. The molecule has 258 valence electrons. The zero-order valence-corrected chi connectivity index (χ0v) is 27.3. The van der Waals surface area contributed by atoms with Crippen LogP contribution in [0, 0.1) is 0 Å². The Morgan fingerprint density at radius 1 is 0.837 bits per heavy atom. The molecule has 0 spiro atoms. The van der Waals surface area contributed by atoms with E-state index in [1.807, 2.05) is 48.5 Å². The molecular formula is C36H36F3N3O7. The normalized spacial score (nSPS) is 13.9. The Labute approximate surface area is 280 Å². The molecule has 0 bridgehead atoms. The number of aromatic amines is 1. The van der Waals surface area contributed by atoms with Crippen LogP contribution in [0.15, 0.2) is 72.8 Å². The van der Waals surface area contributed by atoms with E-state index in [-0.39, 0.29) is 29.0 Å². The van der Waals surface area contributed by atoms with Gasteiger partial charge >= 0.3 is 24.2 Å². The minimum Gasteiger partial charge on any atom is -0.467 e. The highest BCUT2D eigenvalue weighted by Gasteiger charge is 2.39. The van der Waals surface area contributed by atoms with E-state index in [4.69, 9.17) is 14.2 Å². The maximum absolute atomic E-state index is 14.0. The highest BCUT2D eigenvalue weighted by Crippen LogP contribution is 2.44. The third-order valence-electron chi connectivity index (χ3n) is 8.05. The fraction of sp³-hybridized carbons (Fsp3) is 0.333. The summed E-state index contributed by atoms with van der Waals surface area (Å²) in [5.74, 6) is -3.22. The number of hydrogen-bond acceptors (Lipinski definition) is 7. The number of alkyl carbamates (subject to hydrolysis) is 1. The van der Waals surface area contributed by atoms with E-state index in [1.54, 1.807) is 32.9 Å². The van der Waals surface area contributed by atoms with Crippen LogP contribution in [0.2, 0.25) is 0 Å². The second-order valence-electron chi connectivity index (χ2n) is 12.6. The Bertz CT molecular complexity index is 1830. The van der Waals surface area contributed by atoms with Crippen LogP contribution in [0.4, 0.5) is 18.0 Å². The van der Waals surface area contributed by atoms with Gasteiger partial charge in [-0.25, -0.2) is 9.59 Å². The first-order valence-corrected chi connectivity index (χ1v) is 15.5. The van der Waals surface area contributed by atoms with Gasteiger partial charge in [-0.3, -0.25) is 9.59 Å². The molecule has 13 heteroatoms. The fourth-order valence-corrected chi connectivity index (χ4v) is 6.01. The standard InChI is InChI=1S/C36H36F3N3O7/c1-35(2,3)49-30(43)18-28(42-34(46)48-19-26-22-13-7-5-11-20(22)21-12-6-8-14-23(21)26)32(44)41-29(33(45)47-4)17-25-24-15-9-10-16-27(24)40-31(25)36(37,38)39/h5-16,26,28-29,40H,17-19H2,1-4H3,(H,41,44)(H,42,46)/t28-,29-/m0/s1. The summed E-state index contributed by atoms with van der Waals surface area (Å²) < 4.78 is 57.8. The Balaban J connectivity index is 1.36. The molecular weight excluding hydrogens is 643 g/mol. The molecule has 10 nitrogen and oxygen atoms in total. The number of ether oxygens (including phenoxy) is 3. The zero-order chi connectivity index (χ0) is 35.5. The van der Waals surface area contributed by atoms with E-state index in [2.05, 4.69) is 15.6 Å². The number of esters is 2. The molecule has 4 aromatic rings. The number of alkyl halides is 3. The Hall–Kier alpha value is -5.33. The highest BCUT2D eigenvalue weighted by molar-refractivity contribution is 5.93. The lowest BCUT2D eigenvalue weighted by molar-refractivity contribution is -0.156. The lowest BCUT2D eigenvalue weighted by Gasteiger charge is -2.24. The van der Waals surface area contributed by atoms with Gasteiger partial charge in [-0.05, 0) is 54.7 Å².